The second-order valence-corrected chi connectivity index (χ2v) is 2.56. The molecule has 0 amide bonds. The van der Waals surface area contributed by atoms with Gasteiger partial charge in [-0.3, -0.25) is 0 Å². The minimum atomic E-state index is 0. The zero-order chi connectivity index (χ0) is 10.2. The van der Waals surface area contributed by atoms with Gasteiger partial charge in [0.1, 0.15) is 0 Å². The van der Waals surface area contributed by atoms with Gasteiger partial charge in [-0.2, -0.15) is 19.3 Å². The summed E-state index contributed by atoms with van der Waals surface area (Å²) >= 11 is 0. The molecule has 0 atom stereocenters. The van der Waals surface area contributed by atoms with E-state index in [4.69, 9.17) is 0 Å². The molecule has 0 saturated heterocycles. The van der Waals surface area contributed by atoms with E-state index in [1.54, 1.807) is 0 Å². The molecule has 0 fully saturated rings. The van der Waals surface area contributed by atoms with Gasteiger partial charge in [0.25, 0.3) is 0 Å². The summed E-state index contributed by atoms with van der Waals surface area (Å²) in [5.41, 5.74) is 0. The first-order valence-corrected chi connectivity index (χ1v) is 5.12. The quantitative estimate of drug-likeness (QED) is 0.470. The Kier molecular flexibility index (Phi) is 102. The SMILES string of the molecule is [CH2-]CCC.[CH2-]CCC.[CH2-]CCC.[CH3-].[Hf+4]. The number of hydrogen-bond donors (Lipinski definition) is 0. The van der Waals surface area contributed by atoms with Crippen LogP contribution in [0, 0.1) is 28.2 Å². The van der Waals surface area contributed by atoms with Crippen LogP contribution >= 0.6 is 0 Å². The Morgan fingerprint density at radius 3 is 0.714 bits per heavy atom. The molecule has 0 spiro atoms. The summed E-state index contributed by atoms with van der Waals surface area (Å²) in [5.74, 6) is 0. The van der Waals surface area contributed by atoms with Gasteiger partial charge in [0.05, 0.1) is 0 Å². The van der Waals surface area contributed by atoms with Crippen molar-refractivity contribution in [2.45, 2.75) is 59.3 Å². The van der Waals surface area contributed by atoms with Crippen molar-refractivity contribution < 1.29 is 25.8 Å². The second-order valence-electron chi connectivity index (χ2n) is 2.56. The normalized spacial score (nSPS) is 6.43. The van der Waals surface area contributed by atoms with Crippen molar-refractivity contribution >= 4 is 0 Å². The largest absolute Gasteiger partial charge is 4.00 e. The maximum atomic E-state index is 3.60. The van der Waals surface area contributed by atoms with Gasteiger partial charge in [0, 0.05) is 0 Å². The molecule has 0 saturated carbocycles. The van der Waals surface area contributed by atoms with E-state index < -0.39 is 0 Å². The van der Waals surface area contributed by atoms with Gasteiger partial charge in [-0.1, -0.05) is 40.0 Å². The fourth-order valence-electron chi connectivity index (χ4n) is 0. The van der Waals surface area contributed by atoms with Crippen LogP contribution in [-0.4, -0.2) is 0 Å². The van der Waals surface area contributed by atoms with E-state index in [-0.39, 0.29) is 33.3 Å². The van der Waals surface area contributed by atoms with E-state index in [1.807, 2.05) is 0 Å². The molecule has 1 heteroatoms. The molecule has 0 radical (unpaired) electrons. The average molecular weight is 365 g/mol. The van der Waals surface area contributed by atoms with E-state index in [9.17, 15) is 0 Å². The van der Waals surface area contributed by atoms with E-state index in [2.05, 4.69) is 41.5 Å². The predicted molar refractivity (Wildman–Crippen MR) is 67.2 cm³/mol. The Morgan fingerprint density at radius 1 is 0.643 bits per heavy atom. The fraction of sp³-hybridized carbons (Fsp3) is 0.692. The van der Waals surface area contributed by atoms with Gasteiger partial charge in [-0.25, -0.2) is 0 Å². The van der Waals surface area contributed by atoms with Crippen LogP contribution in [0.2, 0.25) is 0 Å². The van der Waals surface area contributed by atoms with Crippen LogP contribution < -0.4 is 0 Å². The first-order valence-electron chi connectivity index (χ1n) is 5.12. The minimum absolute atomic E-state index is 0. The first kappa shape index (κ1) is 29.4. The van der Waals surface area contributed by atoms with Crippen LogP contribution in [0.3, 0.4) is 0 Å². The Hall–Kier alpha value is 0.870. The monoisotopic (exact) mass is 366 g/mol. The molecule has 0 aromatic rings. The zero-order valence-corrected chi connectivity index (χ0v) is 14.5. The molecule has 0 unspecified atom stereocenters. The van der Waals surface area contributed by atoms with Crippen molar-refractivity contribution in [2.24, 2.45) is 0 Å². The smallest absolute Gasteiger partial charge is 0.358 e. The van der Waals surface area contributed by atoms with Crippen LogP contribution in [0.4, 0.5) is 0 Å². The van der Waals surface area contributed by atoms with Crippen LogP contribution in [0.25, 0.3) is 0 Å². The van der Waals surface area contributed by atoms with Crippen molar-refractivity contribution in [3.8, 4) is 0 Å². The molecule has 0 aliphatic carbocycles. The molecule has 0 aliphatic heterocycles. The van der Waals surface area contributed by atoms with Gasteiger partial charge in [-0.15, -0.1) is 0 Å². The summed E-state index contributed by atoms with van der Waals surface area (Å²) in [4.78, 5) is 0. The summed E-state index contributed by atoms with van der Waals surface area (Å²) in [5, 5.41) is 0. The number of hydrogen-bond acceptors (Lipinski definition) is 0. The van der Waals surface area contributed by atoms with Crippen LogP contribution in [-0.2, 0) is 25.8 Å². The standard InChI is InChI=1S/3C4H9.CH3.Hf/c3*1-3-4-2;;/h3*1,3-4H2,2H3;1H3;/q4*-1;+4. The Labute approximate surface area is 113 Å². The van der Waals surface area contributed by atoms with Crippen LogP contribution in [0.1, 0.15) is 59.3 Å². The summed E-state index contributed by atoms with van der Waals surface area (Å²) < 4.78 is 0. The topological polar surface area (TPSA) is 0 Å². The summed E-state index contributed by atoms with van der Waals surface area (Å²) in [6.45, 7) is 17.2. The molecule has 0 nitrogen and oxygen atoms in total. The molecule has 0 rings (SSSR count). The molecule has 0 aliphatic rings. The zero-order valence-electron chi connectivity index (χ0n) is 10.9. The molecular formula is C13H30Hf. The molecule has 0 aromatic carbocycles. The van der Waals surface area contributed by atoms with Gasteiger partial charge in [-0.05, 0) is 0 Å². The third kappa shape index (κ3) is 121. The molecule has 14 heavy (non-hydrogen) atoms. The Bertz CT molecular complexity index is 20.7. The van der Waals surface area contributed by atoms with Crippen molar-refractivity contribution in [3.63, 3.8) is 0 Å². The molecule has 0 aromatic heterocycles. The van der Waals surface area contributed by atoms with E-state index in [0.29, 0.717) is 0 Å². The van der Waals surface area contributed by atoms with E-state index in [1.165, 1.54) is 19.3 Å². The van der Waals surface area contributed by atoms with Crippen molar-refractivity contribution in [1.29, 1.82) is 0 Å². The summed E-state index contributed by atoms with van der Waals surface area (Å²) in [6, 6.07) is 0. The number of rotatable bonds is 3. The first-order chi connectivity index (χ1) is 5.74. The second kappa shape index (κ2) is 48.7. The molecule has 0 N–H and O–H groups in total. The van der Waals surface area contributed by atoms with Gasteiger partial charge in [0.15, 0.2) is 0 Å². The fourth-order valence-corrected chi connectivity index (χ4v) is 0. The Balaban J connectivity index is -0.0000000270. The van der Waals surface area contributed by atoms with Crippen LogP contribution in [0.5, 0.6) is 0 Å². The Morgan fingerprint density at radius 2 is 0.714 bits per heavy atom. The maximum absolute atomic E-state index is 3.60. The predicted octanol–water partition coefficient (Wildman–Crippen LogP) is 5.31. The summed E-state index contributed by atoms with van der Waals surface area (Å²) in [7, 11) is 0. The molecular weight excluding hydrogens is 335 g/mol. The van der Waals surface area contributed by atoms with Gasteiger partial charge < -0.3 is 28.2 Å². The van der Waals surface area contributed by atoms with Crippen molar-refractivity contribution in [1.82, 2.24) is 0 Å². The minimum Gasteiger partial charge on any atom is -0.358 e. The third-order valence-electron chi connectivity index (χ3n) is 1.06. The van der Waals surface area contributed by atoms with Gasteiger partial charge in [0.2, 0.25) is 0 Å². The average Bonchev–Trinajstić information content (AvgIpc) is 2.18. The molecule has 0 bridgehead atoms. The van der Waals surface area contributed by atoms with Crippen LogP contribution in [0.15, 0.2) is 0 Å². The van der Waals surface area contributed by atoms with E-state index in [0.717, 1.165) is 19.3 Å². The third-order valence-corrected chi connectivity index (χ3v) is 1.06. The van der Waals surface area contributed by atoms with E-state index >= 15 is 0 Å². The molecule has 0 heterocycles. The summed E-state index contributed by atoms with van der Waals surface area (Å²) in [6.07, 6.45) is 6.83. The number of unbranched alkanes of at least 4 members (excludes halogenated alkanes) is 3. The van der Waals surface area contributed by atoms with Crippen molar-refractivity contribution in [2.75, 3.05) is 0 Å². The van der Waals surface area contributed by atoms with Gasteiger partial charge >= 0.3 is 25.8 Å². The maximum Gasteiger partial charge on any atom is 4.00 e. The molecule has 86 valence electrons. The van der Waals surface area contributed by atoms with Crippen molar-refractivity contribution in [3.05, 3.63) is 28.2 Å².